The summed E-state index contributed by atoms with van der Waals surface area (Å²) in [6.07, 6.45) is 4.04. The lowest BCUT2D eigenvalue weighted by Gasteiger charge is -2.18. The number of nitrogens with zero attached hydrogens (tertiary/aromatic N) is 1. The van der Waals surface area contributed by atoms with Crippen molar-refractivity contribution in [1.29, 1.82) is 0 Å². The predicted octanol–water partition coefficient (Wildman–Crippen LogP) is -2.29. The van der Waals surface area contributed by atoms with Crippen LogP contribution >= 0.6 is 0 Å². The molecule has 6 N–H and O–H groups in total. The maximum atomic E-state index is 12.0. The standard InChI is InChI=1S/C11H16N6O3/c12-17-11(20)8(3-6-4-13-5-14-6)16-10(19)7-1-2-9(18)15-7/h4-5,7-8H,1-3,12H2,(H,13,14)(H,15,18)(H,16,19)(H,17,20)/t7-,8-/m0/s1. The van der Waals surface area contributed by atoms with Crippen LogP contribution in [-0.2, 0) is 20.8 Å². The molecule has 9 nitrogen and oxygen atoms in total. The van der Waals surface area contributed by atoms with E-state index in [1.165, 1.54) is 6.33 Å². The number of hydrogen-bond donors (Lipinski definition) is 5. The van der Waals surface area contributed by atoms with Crippen LogP contribution in [0.15, 0.2) is 12.5 Å². The zero-order valence-corrected chi connectivity index (χ0v) is 10.7. The molecule has 1 aliphatic heterocycles. The highest BCUT2D eigenvalue weighted by Gasteiger charge is 2.30. The van der Waals surface area contributed by atoms with Crippen LogP contribution in [0.5, 0.6) is 0 Å². The minimum absolute atomic E-state index is 0.169. The SMILES string of the molecule is NNC(=O)[C@H](Cc1c[nH]cn1)NC(=O)[C@@H]1CCC(=O)N1. The van der Waals surface area contributed by atoms with E-state index in [-0.39, 0.29) is 12.3 Å². The van der Waals surface area contributed by atoms with Gasteiger partial charge in [-0.3, -0.25) is 19.8 Å². The second-order valence-corrected chi connectivity index (χ2v) is 4.49. The van der Waals surface area contributed by atoms with Crippen LogP contribution in [0.4, 0.5) is 0 Å². The molecule has 0 spiro atoms. The van der Waals surface area contributed by atoms with Gasteiger partial charge in [0.05, 0.1) is 12.0 Å². The van der Waals surface area contributed by atoms with Crippen molar-refractivity contribution in [3.05, 3.63) is 18.2 Å². The number of H-pyrrole nitrogens is 1. The van der Waals surface area contributed by atoms with E-state index >= 15 is 0 Å². The topological polar surface area (TPSA) is 142 Å². The number of hydrazine groups is 1. The number of carbonyl (C=O) groups is 3. The molecule has 1 aromatic heterocycles. The zero-order chi connectivity index (χ0) is 14.5. The first-order valence-corrected chi connectivity index (χ1v) is 6.18. The van der Waals surface area contributed by atoms with Crippen molar-refractivity contribution in [1.82, 2.24) is 26.0 Å². The minimum Gasteiger partial charge on any atom is -0.351 e. The average Bonchev–Trinajstić information content (AvgIpc) is 3.08. The number of aromatic nitrogens is 2. The third-order valence-electron chi connectivity index (χ3n) is 3.06. The molecule has 1 aliphatic rings. The summed E-state index contributed by atoms with van der Waals surface area (Å²) in [6, 6.07) is -1.44. The molecule has 3 amide bonds. The molecule has 1 fully saturated rings. The third kappa shape index (κ3) is 3.32. The van der Waals surface area contributed by atoms with Crippen molar-refractivity contribution in [3.63, 3.8) is 0 Å². The Bertz CT molecular complexity index is 500. The maximum Gasteiger partial charge on any atom is 0.256 e. The third-order valence-corrected chi connectivity index (χ3v) is 3.06. The predicted molar refractivity (Wildman–Crippen MR) is 67.7 cm³/mol. The normalized spacial score (nSPS) is 19.2. The number of carbonyl (C=O) groups excluding carboxylic acids is 3. The Hall–Kier alpha value is -2.42. The smallest absolute Gasteiger partial charge is 0.256 e. The van der Waals surface area contributed by atoms with Crippen LogP contribution in [0.2, 0.25) is 0 Å². The summed E-state index contributed by atoms with van der Waals surface area (Å²) in [7, 11) is 0. The molecule has 1 saturated heterocycles. The van der Waals surface area contributed by atoms with Crippen LogP contribution in [0.1, 0.15) is 18.5 Å². The van der Waals surface area contributed by atoms with Crippen LogP contribution in [0, 0.1) is 0 Å². The number of hydrogen-bond acceptors (Lipinski definition) is 5. The summed E-state index contributed by atoms with van der Waals surface area (Å²) in [5.41, 5.74) is 2.62. The molecule has 108 valence electrons. The average molecular weight is 280 g/mol. The van der Waals surface area contributed by atoms with E-state index in [9.17, 15) is 14.4 Å². The summed E-state index contributed by atoms with van der Waals surface area (Å²) in [4.78, 5) is 41.5. The Kier molecular flexibility index (Phi) is 4.31. The van der Waals surface area contributed by atoms with Crippen molar-refractivity contribution in [2.75, 3.05) is 0 Å². The van der Waals surface area contributed by atoms with E-state index in [2.05, 4.69) is 20.6 Å². The summed E-state index contributed by atoms with van der Waals surface area (Å²) in [5, 5.41) is 5.11. The lowest BCUT2D eigenvalue weighted by Crippen LogP contribution is -2.53. The molecule has 0 saturated carbocycles. The molecule has 0 radical (unpaired) electrons. The van der Waals surface area contributed by atoms with Gasteiger partial charge in [-0.2, -0.15) is 0 Å². The van der Waals surface area contributed by atoms with Gasteiger partial charge in [-0.1, -0.05) is 0 Å². The Balaban J connectivity index is 1.98. The summed E-state index contributed by atoms with van der Waals surface area (Å²) in [5.74, 6) is 4.01. The highest BCUT2D eigenvalue weighted by atomic mass is 16.2. The lowest BCUT2D eigenvalue weighted by molar-refractivity contribution is -0.130. The van der Waals surface area contributed by atoms with Crippen molar-refractivity contribution in [3.8, 4) is 0 Å². The van der Waals surface area contributed by atoms with Gasteiger partial charge >= 0.3 is 0 Å². The molecule has 9 heteroatoms. The molecule has 2 atom stereocenters. The second-order valence-electron chi connectivity index (χ2n) is 4.49. The first-order chi connectivity index (χ1) is 9.60. The molecule has 0 aliphatic carbocycles. The molecule has 1 aromatic rings. The van der Waals surface area contributed by atoms with E-state index in [1.807, 2.05) is 5.43 Å². The monoisotopic (exact) mass is 280 g/mol. The quantitative estimate of drug-likeness (QED) is 0.234. The van der Waals surface area contributed by atoms with Crippen LogP contribution in [0.3, 0.4) is 0 Å². The van der Waals surface area contributed by atoms with E-state index in [0.29, 0.717) is 18.5 Å². The van der Waals surface area contributed by atoms with Gasteiger partial charge in [-0.05, 0) is 6.42 Å². The Labute approximate surface area is 114 Å². The van der Waals surface area contributed by atoms with E-state index in [4.69, 9.17) is 5.84 Å². The molecule has 20 heavy (non-hydrogen) atoms. The summed E-state index contributed by atoms with van der Waals surface area (Å²) < 4.78 is 0. The van der Waals surface area contributed by atoms with Gasteiger partial charge in [0, 0.05) is 19.0 Å². The van der Waals surface area contributed by atoms with Crippen molar-refractivity contribution < 1.29 is 14.4 Å². The fourth-order valence-electron chi connectivity index (χ4n) is 2.00. The van der Waals surface area contributed by atoms with Gasteiger partial charge in [0.2, 0.25) is 11.8 Å². The van der Waals surface area contributed by atoms with Crippen LogP contribution < -0.4 is 21.9 Å². The molecule has 0 unspecified atom stereocenters. The highest BCUT2D eigenvalue weighted by Crippen LogP contribution is 2.07. The van der Waals surface area contributed by atoms with Gasteiger partial charge in [0.1, 0.15) is 12.1 Å². The fourth-order valence-corrected chi connectivity index (χ4v) is 2.00. The van der Waals surface area contributed by atoms with Crippen LogP contribution in [0.25, 0.3) is 0 Å². The van der Waals surface area contributed by atoms with E-state index < -0.39 is 23.9 Å². The van der Waals surface area contributed by atoms with Crippen molar-refractivity contribution >= 4 is 17.7 Å². The van der Waals surface area contributed by atoms with Crippen LogP contribution in [-0.4, -0.2) is 39.8 Å². The number of nitrogens with two attached hydrogens (primary N) is 1. The summed E-state index contributed by atoms with van der Waals surface area (Å²) >= 11 is 0. The molecule has 0 aromatic carbocycles. The largest absolute Gasteiger partial charge is 0.351 e. The fraction of sp³-hybridized carbons (Fsp3) is 0.455. The molecule has 2 heterocycles. The molecule has 0 bridgehead atoms. The first kappa shape index (κ1) is 14.0. The molecule has 2 rings (SSSR count). The number of rotatable bonds is 5. The van der Waals surface area contributed by atoms with E-state index in [1.54, 1.807) is 6.20 Å². The highest BCUT2D eigenvalue weighted by molar-refractivity contribution is 5.93. The molecular weight excluding hydrogens is 264 g/mol. The van der Waals surface area contributed by atoms with Gasteiger partial charge in [-0.15, -0.1) is 0 Å². The number of imidazole rings is 1. The first-order valence-electron chi connectivity index (χ1n) is 6.18. The number of nitrogens with one attached hydrogen (secondary N) is 4. The maximum absolute atomic E-state index is 12.0. The van der Waals surface area contributed by atoms with E-state index in [0.717, 1.165) is 0 Å². The Morgan fingerprint density at radius 3 is 2.90 bits per heavy atom. The minimum atomic E-state index is -0.840. The Morgan fingerprint density at radius 1 is 1.55 bits per heavy atom. The van der Waals surface area contributed by atoms with Gasteiger partial charge in [-0.25, -0.2) is 10.8 Å². The molecular formula is C11H16N6O3. The van der Waals surface area contributed by atoms with Gasteiger partial charge in [0.25, 0.3) is 5.91 Å². The Morgan fingerprint density at radius 2 is 2.35 bits per heavy atom. The zero-order valence-electron chi connectivity index (χ0n) is 10.7. The van der Waals surface area contributed by atoms with Crippen molar-refractivity contribution in [2.45, 2.75) is 31.3 Å². The number of aromatic amines is 1. The lowest BCUT2D eigenvalue weighted by atomic mass is 10.1. The second kappa shape index (κ2) is 6.15. The van der Waals surface area contributed by atoms with Gasteiger partial charge < -0.3 is 15.6 Å². The number of amides is 3. The summed E-state index contributed by atoms with van der Waals surface area (Å²) in [6.45, 7) is 0. The van der Waals surface area contributed by atoms with Crippen molar-refractivity contribution in [2.24, 2.45) is 5.84 Å². The van der Waals surface area contributed by atoms with Gasteiger partial charge in [0.15, 0.2) is 0 Å².